The number of aromatic nitrogens is 3. The molecule has 194 valence electrons. The first-order chi connectivity index (χ1) is 17.9. The molecule has 0 saturated heterocycles. The molecule has 1 aromatic heterocycles. The normalized spacial score (nSPS) is 26.7. The Morgan fingerprint density at radius 3 is 2.27 bits per heavy atom. The lowest BCUT2D eigenvalue weighted by atomic mass is 9.53. The number of carbonyl (C=O) groups excluding carboxylic acids is 1. The first-order valence-corrected chi connectivity index (χ1v) is 14.3. The highest BCUT2D eigenvalue weighted by Gasteiger charge is 2.51. The molecule has 2 amide bonds. The number of carbonyl (C=O) groups is 1. The molecule has 3 aromatic rings. The zero-order valence-corrected chi connectivity index (χ0v) is 22.2. The summed E-state index contributed by atoms with van der Waals surface area (Å²) in [7, 11) is 0. The number of thioether (sulfide) groups is 1. The molecule has 4 saturated carbocycles. The fourth-order valence-corrected chi connectivity index (χ4v) is 8.04. The van der Waals surface area contributed by atoms with Gasteiger partial charge >= 0.3 is 6.03 Å². The standard InChI is InChI=1S/C29H34FN5OS/c1-18-3-9-25(10-4-18)35-26(33-34-28(35)37-17-20-5-7-24(30)8-6-20)19(2)31-27(36)32-29-14-21-11-22(15-29)13-23(12-21)16-29/h3-10,19,21-23H,11-17H2,1-2H3,(H2,31,32,36). The van der Waals surface area contributed by atoms with E-state index < -0.39 is 0 Å². The minimum absolute atomic E-state index is 0.0423. The Balaban J connectivity index is 1.20. The maximum Gasteiger partial charge on any atom is 0.315 e. The Bertz CT molecular complexity index is 1240. The lowest BCUT2D eigenvalue weighted by Crippen LogP contribution is -2.61. The average Bonchev–Trinajstić information content (AvgIpc) is 3.27. The van der Waals surface area contributed by atoms with Gasteiger partial charge in [-0.3, -0.25) is 4.57 Å². The van der Waals surface area contributed by atoms with Crippen molar-refractivity contribution in [2.45, 2.75) is 74.9 Å². The second kappa shape index (κ2) is 9.78. The lowest BCUT2D eigenvalue weighted by Gasteiger charge is -2.56. The number of benzene rings is 2. The van der Waals surface area contributed by atoms with Crippen LogP contribution in [0.25, 0.3) is 5.69 Å². The average molecular weight is 520 g/mol. The Labute approximate surface area is 221 Å². The van der Waals surface area contributed by atoms with Crippen LogP contribution in [-0.4, -0.2) is 26.3 Å². The summed E-state index contributed by atoms with van der Waals surface area (Å²) < 4.78 is 15.3. The zero-order valence-electron chi connectivity index (χ0n) is 21.4. The molecule has 0 aliphatic heterocycles. The molecule has 4 fully saturated rings. The van der Waals surface area contributed by atoms with Gasteiger partial charge in [-0.15, -0.1) is 10.2 Å². The summed E-state index contributed by atoms with van der Waals surface area (Å²) in [5.74, 6) is 3.40. The number of aryl methyl sites for hydroxylation is 1. The number of nitrogens with one attached hydrogen (secondary N) is 2. The van der Waals surface area contributed by atoms with Gasteiger partial charge in [0.15, 0.2) is 11.0 Å². The maximum absolute atomic E-state index is 13.3. The van der Waals surface area contributed by atoms with E-state index >= 15 is 0 Å². The van der Waals surface area contributed by atoms with E-state index in [2.05, 4.69) is 39.9 Å². The van der Waals surface area contributed by atoms with Gasteiger partial charge in [-0.2, -0.15) is 0 Å². The van der Waals surface area contributed by atoms with Crippen molar-refractivity contribution in [3.05, 3.63) is 71.3 Å². The predicted octanol–water partition coefficient (Wildman–Crippen LogP) is 6.34. The third-order valence-corrected chi connectivity index (χ3v) is 9.38. The van der Waals surface area contributed by atoms with E-state index in [4.69, 9.17) is 0 Å². The zero-order chi connectivity index (χ0) is 25.6. The molecule has 1 atom stereocenters. The van der Waals surface area contributed by atoms with Crippen molar-refractivity contribution in [1.82, 2.24) is 25.4 Å². The van der Waals surface area contributed by atoms with Crippen molar-refractivity contribution in [1.29, 1.82) is 0 Å². The van der Waals surface area contributed by atoms with Gasteiger partial charge in [0.05, 0.1) is 6.04 Å². The Morgan fingerprint density at radius 1 is 1.03 bits per heavy atom. The fraction of sp³-hybridized carbons (Fsp3) is 0.483. The van der Waals surface area contributed by atoms with Gasteiger partial charge in [0, 0.05) is 17.0 Å². The molecule has 8 heteroatoms. The predicted molar refractivity (Wildman–Crippen MR) is 143 cm³/mol. The summed E-state index contributed by atoms with van der Waals surface area (Å²) in [6, 6.07) is 14.3. The molecule has 1 unspecified atom stereocenters. The molecule has 0 spiro atoms. The lowest BCUT2D eigenvalue weighted by molar-refractivity contribution is -0.0136. The Hall–Kier alpha value is -2.87. The molecule has 4 bridgehead atoms. The van der Waals surface area contributed by atoms with E-state index in [9.17, 15) is 9.18 Å². The van der Waals surface area contributed by atoms with Crippen molar-refractivity contribution >= 4 is 17.8 Å². The van der Waals surface area contributed by atoms with Crippen LogP contribution in [0, 0.1) is 30.5 Å². The second-order valence-electron chi connectivity index (χ2n) is 11.4. The van der Waals surface area contributed by atoms with Crippen LogP contribution >= 0.6 is 11.8 Å². The number of halogens is 1. The minimum atomic E-state index is -0.331. The van der Waals surface area contributed by atoms with Crippen molar-refractivity contribution in [2.24, 2.45) is 17.8 Å². The third kappa shape index (κ3) is 5.13. The SMILES string of the molecule is Cc1ccc(-n2c(SCc3ccc(F)cc3)nnc2C(C)NC(=O)NC23CC4CC(CC(C4)C2)C3)cc1. The molecule has 4 aliphatic rings. The second-order valence-corrected chi connectivity index (χ2v) is 12.4. The molecule has 4 aliphatic carbocycles. The van der Waals surface area contributed by atoms with Crippen LogP contribution in [0.5, 0.6) is 0 Å². The third-order valence-electron chi connectivity index (χ3n) is 8.38. The fourth-order valence-electron chi connectivity index (χ4n) is 7.12. The van der Waals surface area contributed by atoms with Gasteiger partial charge in [-0.1, -0.05) is 41.6 Å². The van der Waals surface area contributed by atoms with Gasteiger partial charge in [-0.25, -0.2) is 9.18 Å². The molecule has 37 heavy (non-hydrogen) atoms. The number of nitrogens with zero attached hydrogens (tertiary/aromatic N) is 3. The molecule has 7 rings (SSSR count). The first-order valence-electron chi connectivity index (χ1n) is 13.3. The number of rotatable bonds is 7. The van der Waals surface area contributed by atoms with Gasteiger partial charge in [0.2, 0.25) is 0 Å². The van der Waals surface area contributed by atoms with E-state index in [1.807, 2.05) is 23.6 Å². The summed E-state index contributed by atoms with van der Waals surface area (Å²) in [4.78, 5) is 13.2. The summed E-state index contributed by atoms with van der Waals surface area (Å²) >= 11 is 1.55. The van der Waals surface area contributed by atoms with Gasteiger partial charge in [-0.05, 0) is 100.0 Å². The first kappa shape index (κ1) is 24.5. The summed E-state index contributed by atoms with van der Waals surface area (Å²) in [6.07, 6.45) is 7.38. The van der Waals surface area contributed by atoms with Crippen LogP contribution in [0.4, 0.5) is 9.18 Å². The quantitative estimate of drug-likeness (QED) is 0.358. The van der Waals surface area contributed by atoms with E-state index in [0.29, 0.717) is 11.6 Å². The van der Waals surface area contributed by atoms with Crippen molar-refractivity contribution in [3.8, 4) is 5.69 Å². The topological polar surface area (TPSA) is 71.8 Å². The summed E-state index contributed by atoms with van der Waals surface area (Å²) in [6.45, 7) is 4.02. The number of hydrogen-bond donors (Lipinski definition) is 2. The molecule has 2 aromatic carbocycles. The van der Waals surface area contributed by atoms with Crippen LogP contribution < -0.4 is 10.6 Å². The van der Waals surface area contributed by atoms with Crippen molar-refractivity contribution < 1.29 is 9.18 Å². The number of amides is 2. The van der Waals surface area contributed by atoms with E-state index in [-0.39, 0.29) is 23.4 Å². The highest BCUT2D eigenvalue weighted by molar-refractivity contribution is 7.98. The van der Waals surface area contributed by atoms with Crippen molar-refractivity contribution in [3.63, 3.8) is 0 Å². The number of hydrogen-bond acceptors (Lipinski definition) is 4. The summed E-state index contributed by atoms with van der Waals surface area (Å²) in [5, 5.41) is 16.3. The van der Waals surface area contributed by atoms with E-state index in [1.165, 1.54) is 37.0 Å². The molecular formula is C29H34FN5OS. The molecule has 6 nitrogen and oxygen atoms in total. The Kier molecular flexibility index (Phi) is 6.47. The van der Waals surface area contributed by atoms with Crippen molar-refractivity contribution in [2.75, 3.05) is 0 Å². The molecular weight excluding hydrogens is 485 g/mol. The Morgan fingerprint density at radius 2 is 1.65 bits per heavy atom. The monoisotopic (exact) mass is 519 g/mol. The van der Waals surface area contributed by atoms with Gasteiger partial charge < -0.3 is 10.6 Å². The largest absolute Gasteiger partial charge is 0.333 e. The molecule has 0 radical (unpaired) electrons. The highest BCUT2D eigenvalue weighted by Crippen LogP contribution is 2.55. The number of urea groups is 1. The van der Waals surface area contributed by atoms with Gasteiger partial charge in [0.25, 0.3) is 0 Å². The van der Waals surface area contributed by atoms with Gasteiger partial charge in [0.1, 0.15) is 5.82 Å². The van der Waals surface area contributed by atoms with Crippen LogP contribution in [0.2, 0.25) is 0 Å². The van der Waals surface area contributed by atoms with E-state index in [1.54, 1.807) is 23.9 Å². The minimum Gasteiger partial charge on any atom is -0.333 e. The van der Waals surface area contributed by atoms with E-state index in [0.717, 1.165) is 53.4 Å². The summed E-state index contributed by atoms with van der Waals surface area (Å²) in [5.41, 5.74) is 3.08. The van der Waals surface area contributed by atoms with Crippen LogP contribution in [-0.2, 0) is 5.75 Å². The van der Waals surface area contributed by atoms with Crippen LogP contribution in [0.1, 0.15) is 68.4 Å². The molecule has 1 heterocycles. The molecule has 2 N–H and O–H groups in total. The van der Waals surface area contributed by atoms with Crippen LogP contribution in [0.15, 0.2) is 53.7 Å². The maximum atomic E-state index is 13.3. The highest BCUT2D eigenvalue weighted by atomic mass is 32.2. The van der Waals surface area contributed by atoms with Crippen LogP contribution in [0.3, 0.4) is 0 Å². The smallest absolute Gasteiger partial charge is 0.315 e.